The van der Waals surface area contributed by atoms with Gasteiger partial charge in [0, 0.05) is 36.3 Å². The molecule has 1 N–H and O–H groups in total. The zero-order valence-electron chi connectivity index (χ0n) is 12.1. The largest absolute Gasteiger partial charge is 0.371 e. The van der Waals surface area contributed by atoms with Gasteiger partial charge in [-0.1, -0.05) is 13.8 Å². The molecule has 0 saturated carbocycles. The minimum atomic E-state index is 0.139. The smallest absolute Gasteiger partial charge is 0.211 e. The lowest BCUT2D eigenvalue weighted by Crippen LogP contribution is -2.37. The van der Waals surface area contributed by atoms with E-state index in [4.69, 9.17) is 0 Å². The van der Waals surface area contributed by atoms with Crippen molar-refractivity contribution in [3.8, 4) is 0 Å². The number of hydrogen-bond acceptors (Lipinski definition) is 3. The monoisotopic (exact) mass is 274 g/mol. The normalized spacial score (nSPS) is 16.2. The molecule has 4 heteroatoms. The van der Waals surface area contributed by atoms with E-state index in [1.165, 1.54) is 0 Å². The van der Waals surface area contributed by atoms with Crippen LogP contribution in [0.2, 0.25) is 0 Å². The van der Waals surface area contributed by atoms with Crippen LogP contribution in [-0.4, -0.2) is 25.3 Å². The average molecular weight is 274 g/mol. The van der Waals surface area contributed by atoms with Crippen molar-refractivity contribution < 1.29 is 9.59 Å². The molecule has 0 aliphatic carbocycles. The Morgan fingerprint density at radius 3 is 2.35 bits per heavy atom. The minimum absolute atomic E-state index is 0.139. The highest BCUT2D eigenvalue weighted by atomic mass is 16.1. The molecule has 1 aromatic carbocycles. The van der Waals surface area contributed by atoms with Gasteiger partial charge in [0.25, 0.3) is 0 Å². The first-order valence-electron chi connectivity index (χ1n) is 7.20. The number of benzene rings is 1. The second kappa shape index (κ2) is 6.55. The van der Waals surface area contributed by atoms with Gasteiger partial charge in [-0.05, 0) is 37.1 Å². The van der Waals surface area contributed by atoms with E-state index in [9.17, 15) is 9.59 Å². The molecule has 0 radical (unpaired) electrons. The van der Waals surface area contributed by atoms with E-state index >= 15 is 0 Å². The predicted octanol–water partition coefficient (Wildman–Crippen LogP) is 2.70. The van der Waals surface area contributed by atoms with Crippen LogP contribution >= 0.6 is 0 Å². The second-order valence-corrected chi connectivity index (χ2v) is 5.63. The molecule has 1 aromatic rings. The average Bonchev–Trinajstić information content (AvgIpc) is 2.48. The molecular formula is C16H22N2O2. The van der Waals surface area contributed by atoms with E-state index in [0.29, 0.717) is 12.2 Å². The topological polar surface area (TPSA) is 49.4 Å². The summed E-state index contributed by atoms with van der Waals surface area (Å²) in [5, 5.41) is 2.63. The van der Waals surface area contributed by atoms with Crippen molar-refractivity contribution in [2.24, 2.45) is 11.8 Å². The molecule has 0 spiro atoms. The number of nitrogens with zero attached hydrogens (tertiary/aromatic N) is 1. The summed E-state index contributed by atoms with van der Waals surface area (Å²) in [6.45, 7) is 5.80. The summed E-state index contributed by atoms with van der Waals surface area (Å²) in [6.07, 6.45) is 2.55. The zero-order valence-corrected chi connectivity index (χ0v) is 12.1. The molecule has 2 rings (SSSR count). The van der Waals surface area contributed by atoms with Gasteiger partial charge in [-0.3, -0.25) is 9.59 Å². The molecule has 0 bridgehead atoms. The highest BCUT2D eigenvalue weighted by Crippen LogP contribution is 2.26. The lowest BCUT2D eigenvalue weighted by Gasteiger charge is -2.33. The fourth-order valence-corrected chi connectivity index (χ4v) is 2.73. The molecule has 1 amide bonds. The van der Waals surface area contributed by atoms with Crippen LogP contribution in [0.25, 0.3) is 0 Å². The number of nitrogens with one attached hydrogen (secondary N) is 1. The molecule has 0 aromatic heterocycles. The van der Waals surface area contributed by atoms with E-state index in [-0.39, 0.29) is 11.8 Å². The number of amides is 1. The zero-order chi connectivity index (χ0) is 14.5. The standard InChI is InChI=1S/C16H22N2O2/c1-12(2)16(20)13-7-9-18(10-8-13)15-5-3-14(4-6-15)17-11-19/h3-6,11-13H,7-10H2,1-2H3,(H,17,19). The van der Waals surface area contributed by atoms with E-state index in [1.807, 2.05) is 38.1 Å². The van der Waals surface area contributed by atoms with Crippen molar-refractivity contribution in [1.82, 2.24) is 0 Å². The van der Waals surface area contributed by atoms with Crippen molar-refractivity contribution in [2.75, 3.05) is 23.3 Å². The molecule has 1 saturated heterocycles. The van der Waals surface area contributed by atoms with Crippen LogP contribution in [0, 0.1) is 11.8 Å². The highest BCUT2D eigenvalue weighted by Gasteiger charge is 2.26. The summed E-state index contributed by atoms with van der Waals surface area (Å²) < 4.78 is 0. The van der Waals surface area contributed by atoms with Crippen LogP contribution in [0.1, 0.15) is 26.7 Å². The Kier molecular flexibility index (Phi) is 4.77. The molecule has 20 heavy (non-hydrogen) atoms. The van der Waals surface area contributed by atoms with Crippen LogP contribution in [-0.2, 0) is 9.59 Å². The highest BCUT2D eigenvalue weighted by molar-refractivity contribution is 5.83. The molecule has 108 valence electrons. The molecule has 1 aliphatic heterocycles. The van der Waals surface area contributed by atoms with Crippen molar-refractivity contribution in [3.05, 3.63) is 24.3 Å². The van der Waals surface area contributed by atoms with E-state index in [0.717, 1.165) is 37.3 Å². The van der Waals surface area contributed by atoms with Crippen LogP contribution < -0.4 is 10.2 Å². The number of ketones is 1. The molecule has 0 unspecified atom stereocenters. The summed E-state index contributed by atoms with van der Waals surface area (Å²) in [5.74, 6) is 0.762. The van der Waals surface area contributed by atoms with Crippen molar-refractivity contribution in [3.63, 3.8) is 0 Å². The Hall–Kier alpha value is -1.84. The van der Waals surface area contributed by atoms with Gasteiger partial charge in [-0.2, -0.15) is 0 Å². The first-order valence-corrected chi connectivity index (χ1v) is 7.20. The van der Waals surface area contributed by atoms with Gasteiger partial charge in [0.2, 0.25) is 6.41 Å². The summed E-state index contributed by atoms with van der Waals surface area (Å²) >= 11 is 0. The van der Waals surface area contributed by atoms with E-state index in [1.54, 1.807) is 0 Å². The summed E-state index contributed by atoms with van der Waals surface area (Å²) in [7, 11) is 0. The molecule has 1 heterocycles. The number of rotatable bonds is 5. The number of carbonyl (C=O) groups is 2. The van der Waals surface area contributed by atoms with Crippen LogP contribution in [0.4, 0.5) is 11.4 Å². The predicted molar refractivity (Wildman–Crippen MR) is 80.9 cm³/mol. The Morgan fingerprint density at radius 2 is 1.85 bits per heavy atom. The fourth-order valence-electron chi connectivity index (χ4n) is 2.73. The quantitative estimate of drug-likeness (QED) is 0.840. The SMILES string of the molecule is CC(C)C(=O)C1CCN(c2ccc(NC=O)cc2)CC1. The van der Waals surface area contributed by atoms with Gasteiger partial charge >= 0.3 is 0 Å². The van der Waals surface area contributed by atoms with Gasteiger partial charge < -0.3 is 10.2 Å². The van der Waals surface area contributed by atoms with Crippen molar-refractivity contribution in [2.45, 2.75) is 26.7 Å². The van der Waals surface area contributed by atoms with Crippen molar-refractivity contribution >= 4 is 23.6 Å². The number of anilines is 2. The van der Waals surface area contributed by atoms with Gasteiger partial charge in [-0.25, -0.2) is 0 Å². The number of carbonyl (C=O) groups excluding carboxylic acids is 2. The van der Waals surface area contributed by atoms with Gasteiger partial charge in [-0.15, -0.1) is 0 Å². The Bertz CT molecular complexity index is 460. The maximum Gasteiger partial charge on any atom is 0.211 e. The van der Waals surface area contributed by atoms with E-state index < -0.39 is 0 Å². The van der Waals surface area contributed by atoms with Crippen LogP contribution in [0.5, 0.6) is 0 Å². The molecule has 1 fully saturated rings. The Labute approximate surface area is 120 Å². The molecule has 0 atom stereocenters. The minimum Gasteiger partial charge on any atom is -0.371 e. The summed E-state index contributed by atoms with van der Waals surface area (Å²) in [4.78, 5) is 24.7. The Morgan fingerprint density at radius 1 is 1.25 bits per heavy atom. The molecule has 1 aliphatic rings. The van der Waals surface area contributed by atoms with Gasteiger partial charge in [0.15, 0.2) is 0 Å². The number of Topliss-reactive ketones (excluding diaryl/α,β-unsaturated/α-hetero) is 1. The third-order valence-electron chi connectivity index (χ3n) is 3.92. The maximum absolute atomic E-state index is 12.0. The Balaban J connectivity index is 1.93. The van der Waals surface area contributed by atoms with Crippen LogP contribution in [0.15, 0.2) is 24.3 Å². The molecule has 4 nitrogen and oxygen atoms in total. The number of piperidine rings is 1. The second-order valence-electron chi connectivity index (χ2n) is 5.63. The first-order chi connectivity index (χ1) is 9.61. The lowest BCUT2D eigenvalue weighted by molar-refractivity contribution is -0.126. The van der Waals surface area contributed by atoms with Gasteiger partial charge in [0.1, 0.15) is 5.78 Å². The van der Waals surface area contributed by atoms with Gasteiger partial charge in [0.05, 0.1) is 0 Å². The van der Waals surface area contributed by atoms with Crippen LogP contribution in [0.3, 0.4) is 0 Å². The fraction of sp³-hybridized carbons (Fsp3) is 0.500. The molecular weight excluding hydrogens is 252 g/mol. The first kappa shape index (κ1) is 14.6. The van der Waals surface area contributed by atoms with Crippen molar-refractivity contribution in [1.29, 1.82) is 0 Å². The van der Waals surface area contributed by atoms with E-state index in [2.05, 4.69) is 10.2 Å². The third-order valence-corrected chi connectivity index (χ3v) is 3.92. The maximum atomic E-state index is 12.0. The summed E-state index contributed by atoms with van der Waals surface area (Å²) in [6, 6.07) is 7.82. The lowest BCUT2D eigenvalue weighted by atomic mass is 9.87. The summed E-state index contributed by atoms with van der Waals surface area (Å²) in [5.41, 5.74) is 1.95. The number of hydrogen-bond donors (Lipinski definition) is 1. The third kappa shape index (κ3) is 3.38.